The summed E-state index contributed by atoms with van der Waals surface area (Å²) < 4.78 is 32.4. The highest BCUT2D eigenvalue weighted by Gasteiger charge is 2.29. The van der Waals surface area contributed by atoms with Gasteiger partial charge in [-0.1, -0.05) is 19.1 Å². The lowest BCUT2D eigenvalue weighted by atomic mass is 10.1. The Kier molecular flexibility index (Phi) is 9.34. The van der Waals surface area contributed by atoms with E-state index in [9.17, 15) is 13.2 Å². The van der Waals surface area contributed by atoms with E-state index in [1.165, 1.54) is 0 Å². The van der Waals surface area contributed by atoms with Gasteiger partial charge < -0.3 is 15.0 Å². The molecule has 1 aromatic rings. The lowest BCUT2D eigenvalue weighted by Gasteiger charge is -2.32. The maximum atomic E-state index is 13.2. The molecule has 8 nitrogen and oxygen atoms in total. The summed E-state index contributed by atoms with van der Waals surface area (Å²) in [5, 5.41) is 3.18. The Bertz CT molecular complexity index is 825. The monoisotopic (exact) mass is 466 g/mol. The molecule has 1 amide bonds. The SMILES string of the molecule is CCN1CCCC1CN(CCS(=O)(=O)N1CCNCC1)C(=O)CCc1ccc(OC)cc1. The maximum absolute atomic E-state index is 13.2. The summed E-state index contributed by atoms with van der Waals surface area (Å²) in [4.78, 5) is 17.4. The second-order valence-corrected chi connectivity index (χ2v) is 10.7. The minimum atomic E-state index is -3.37. The molecule has 1 atom stereocenters. The van der Waals surface area contributed by atoms with Gasteiger partial charge in [0, 0.05) is 51.7 Å². The Hall–Kier alpha value is -1.68. The van der Waals surface area contributed by atoms with Crippen LogP contribution in [0.15, 0.2) is 24.3 Å². The Labute approximate surface area is 192 Å². The summed E-state index contributed by atoms with van der Waals surface area (Å²) >= 11 is 0. The fraction of sp³-hybridized carbons (Fsp3) is 0.696. The summed E-state index contributed by atoms with van der Waals surface area (Å²) in [6.45, 7) is 7.36. The van der Waals surface area contributed by atoms with Crippen LogP contribution in [0.5, 0.6) is 5.75 Å². The smallest absolute Gasteiger partial charge is 0.222 e. The van der Waals surface area contributed by atoms with Crippen LogP contribution < -0.4 is 10.1 Å². The van der Waals surface area contributed by atoms with E-state index in [4.69, 9.17) is 4.74 Å². The highest BCUT2D eigenvalue weighted by atomic mass is 32.2. The third-order valence-electron chi connectivity index (χ3n) is 6.56. The van der Waals surface area contributed by atoms with E-state index in [1.54, 1.807) is 16.3 Å². The van der Waals surface area contributed by atoms with Crippen LogP contribution in [-0.4, -0.2) is 99.7 Å². The van der Waals surface area contributed by atoms with Gasteiger partial charge in [-0.3, -0.25) is 9.69 Å². The molecule has 0 spiro atoms. The second-order valence-electron chi connectivity index (χ2n) is 8.58. The zero-order valence-electron chi connectivity index (χ0n) is 19.5. The number of hydrogen-bond donors (Lipinski definition) is 1. The molecule has 1 unspecified atom stereocenters. The van der Waals surface area contributed by atoms with Crippen LogP contribution in [-0.2, 0) is 21.2 Å². The number of aryl methyl sites for hydroxylation is 1. The molecule has 2 saturated heterocycles. The highest BCUT2D eigenvalue weighted by molar-refractivity contribution is 7.89. The summed E-state index contributed by atoms with van der Waals surface area (Å²) in [5.74, 6) is 0.806. The zero-order chi connectivity index (χ0) is 23.0. The molecule has 2 fully saturated rings. The Balaban J connectivity index is 1.62. The molecule has 0 radical (unpaired) electrons. The lowest BCUT2D eigenvalue weighted by molar-refractivity contribution is -0.131. The van der Waals surface area contributed by atoms with E-state index >= 15 is 0 Å². The molecule has 2 aliphatic heterocycles. The molecule has 1 aromatic carbocycles. The van der Waals surface area contributed by atoms with Gasteiger partial charge in [-0.15, -0.1) is 0 Å². The molecular weight excluding hydrogens is 428 g/mol. The third kappa shape index (κ3) is 6.91. The number of ether oxygens (including phenoxy) is 1. The van der Waals surface area contributed by atoms with Crippen LogP contribution in [0.2, 0.25) is 0 Å². The Morgan fingerprint density at radius 1 is 1.19 bits per heavy atom. The normalized spacial score (nSPS) is 20.4. The van der Waals surface area contributed by atoms with Crippen LogP contribution in [0.1, 0.15) is 31.7 Å². The molecule has 0 aliphatic carbocycles. The van der Waals surface area contributed by atoms with E-state index in [0.717, 1.165) is 37.2 Å². The number of rotatable bonds is 11. The van der Waals surface area contributed by atoms with Gasteiger partial charge in [0.1, 0.15) is 5.75 Å². The van der Waals surface area contributed by atoms with Crippen LogP contribution in [0.3, 0.4) is 0 Å². The summed E-state index contributed by atoms with van der Waals surface area (Å²) in [6.07, 6.45) is 3.19. The highest BCUT2D eigenvalue weighted by Crippen LogP contribution is 2.19. The molecule has 9 heteroatoms. The maximum Gasteiger partial charge on any atom is 0.222 e. The van der Waals surface area contributed by atoms with Gasteiger partial charge in [-0.05, 0) is 50.0 Å². The van der Waals surface area contributed by atoms with Gasteiger partial charge in [0.15, 0.2) is 0 Å². The van der Waals surface area contributed by atoms with Gasteiger partial charge in [-0.25, -0.2) is 8.42 Å². The summed E-state index contributed by atoms with van der Waals surface area (Å²) in [5.41, 5.74) is 1.07. The number of nitrogens with zero attached hydrogens (tertiary/aromatic N) is 3. The van der Waals surface area contributed by atoms with Crippen molar-refractivity contribution in [2.24, 2.45) is 0 Å². The Morgan fingerprint density at radius 2 is 1.91 bits per heavy atom. The van der Waals surface area contributed by atoms with Gasteiger partial charge in [0.05, 0.1) is 12.9 Å². The van der Waals surface area contributed by atoms with Crippen molar-refractivity contribution in [2.75, 3.05) is 65.2 Å². The van der Waals surface area contributed by atoms with E-state index in [2.05, 4.69) is 17.1 Å². The topological polar surface area (TPSA) is 82.2 Å². The number of likely N-dealkylation sites (tertiary alicyclic amines) is 1. The lowest BCUT2D eigenvalue weighted by Crippen LogP contribution is -2.49. The van der Waals surface area contributed by atoms with Crippen molar-refractivity contribution in [3.05, 3.63) is 29.8 Å². The van der Waals surface area contributed by atoms with E-state index in [1.807, 2.05) is 24.3 Å². The molecule has 2 heterocycles. The number of sulfonamides is 1. The number of benzene rings is 1. The molecule has 0 aromatic heterocycles. The number of carbonyl (C=O) groups excluding carboxylic acids is 1. The summed E-state index contributed by atoms with van der Waals surface area (Å²) in [7, 11) is -1.74. The van der Waals surface area contributed by atoms with Crippen LogP contribution in [0.25, 0.3) is 0 Å². The van der Waals surface area contributed by atoms with Crippen molar-refractivity contribution in [3.8, 4) is 5.75 Å². The standard InChI is InChI=1S/C23H38N4O4S/c1-3-25-14-4-5-21(25)19-26(17-18-32(29,30)27-15-12-24-13-16-27)23(28)11-8-20-6-9-22(31-2)10-7-20/h6-7,9-10,21,24H,3-5,8,11-19H2,1-2H3. The van der Waals surface area contributed by atoms with Crippen LogP contribution in [0, 0.1) is 0 Å². The number of nitrogens with one attached hydrogen (secondary N) is 1. The first kappa shape index (κ1) is 25.0. The molecule has 180 valence electrons. The van der Waals surface area contributed by atoms with Crippen LogP contribution >= 0.6 is 0 Å². The average molecular weight is 467 g/mol. The third-order valence-corrected chi connectivity index (χ3v) is 8.41. The molecule has 3 rings (SSSR count). The van der Waals surface area contributed by atoms with Gasteiger partial charge in [-0.2, -0.15) is 4.31 Å². The fourth-order valence-electron chi connectivity index (χ4n) is 4.57. The zero-order valence-corrected chi connectivity index (χ0v) is 20.3. The quantitative estimate of drug-likeness (QED) is 0.527. The minimum Gasteiger partial charge on any atom is -0.497 e. The van der Waals surface area contributed by atoms with Crippen molar-refractivity contribution in [2.45, 2.75) is 38.6 Å². The van der Waals surface area contributed by atoms with Crippen molar-refractivity contribution in [3.63, 3.8) is 0 Å². The molecule has 0 saturated carbocycles. The molecular formula is C23H38N4O4S. The summed E-state index contributed by atoms with van der Waals surface area (Å²) in [6, 6.07) is 8.05. The Morgan fingerprint density at radius 3 is 2.56 bits per heavy atom. The van der Waals surface area contributed by atoms with Gasteiger partial charge in [0.2, 0.25) is 15.9 Å². The molecule has 2 aliphatic rings. The van der Waals surface area contributed by atoms with Crippen molar-refractivity contribution < 1.29 is 17.9 Å². The molecule has 1 N–H and O–H groups in total. The largest absolute Gasteiger partial charge is 0.497 e. The minimum absolute atomic E-state index is 0.0138. The van der Waals surface area contributed by atoms with E-state index in [-0.39, 0.29) is 18.2 Å². The van der Waals surface area contributed by atoms with Gasteiger partial charge >= 0.3 is 0 Å². The molecule has 32 heavy (non-hydrogen) atoms. The second kappa shape index (κ2) is 12.0. The number of carbonyl (C=O) groups is 1. The van der Waals surface area contributed by atoms with Gasteiger partial charge in [0.25, 0.3) is 0 Å². The average Bonchev–Trinajstić information content (AvgIpc) is 3.28. The number of amides is 1. The number of likely N-dealkylation sites (N-methyl/N-ethyl adjacent to an activating group) is 1. The van der Waals surface area contributed by atoms with Crippen molar-refractivity contribution >= 4 is 15.9 Å². The number of piperazine rings is 1. The van der Waals surface area contributed by atoms with Crippen molar-refractivity contribution in [1.82, 2.24) is 19.4 Å². The van der Waals surface area contributed by atoms with Crippen LogP contribution in [0.4, 0.5) is 0 Å². The first-order chi connectivity index (χ1) is 15.4. The first-order valence-electron chi connectivity index (χ1n) is 11.8. The fourth-order valence-corrected chi connectivity index (χ4v) is 6.02. The number of hydrogen-bond acceptors (Lipinski definition) is 6. The van der Waals surface area contributed by atoms with Crippen molar-refractivity contribution in [1.29, 1.82) is 0 Å². The van der Waals surface area contributed by atoms with E-state index < -0.39 is 10.0 Å². The molecule has 0 bridgehead atoms. The number of methoxy groups -OCH3 is 1. The van der Waals surface area contributed by atoms with E-state index in [0.29, 0.717) is 51.6 Å². The predicted molar refractivity (Wildman–Crippen MR) is 126 cm³/mol. The predicted octanol–water partition coefficient (Wildman–Crippen LogP) is 1.18. The first-order valence-corrected chi connectivity index (χ1v) is 13.4.